The standard InChI is InChI=1S/C13H11Cl2NOS/c1-8-16-9(7-18-8)5-10(17)6-11-12(14)3-2-4-13(11)15/h2-4,7H,5-6H2,1H3. The first-order chi connectivity index (χ1) is 8.56. The van der Waals surface area contributed by atoms with Crippen LogP contribution in [0.2, 0.25) is 10.0 Å². The Bertz CT molecular complexity index is 560. The lowest BCUT2D eigenvalue weighted by Gasteiger charge is -2.05. The number of halogens is 2. The van der Waals surface area contributed by atoms with Gasteiger partial charge in [0.25, 0.3) is 0 Å². The molecule has 18 heavy (non-hydrogen) atoms. The third kappa shape index (κ3) is 3.31. The van der Waals surface area contributed by atoms with Crippen molar-refractivity contribution in [2.75, 3.05) is 0 Å². The summed E-state index contributed by atoms with van der Waals surface area (Å²) in [6.45, 7) is 1.92. The van der Waals surface area contributed by atoms with Gasteiger partial charge in [-0.05, 0) is 24.6 Å². The summed E-state index contributed by atoms with van der Waals surface area (Å²) in [4.78, 5) is 16.2. The summed E-state index contributed by atoms with van der Waals surface area (Å²) in [6.07, 6.45) is 0.570. The number of rotatable bonds is 4. The number of hydrogen-bond donors (Lipinski definition) is 0. The molecule has 0 bridgehead atoms. The molecule has 0 unspecified atom stereocenters. The Morgan fingerprint density at radius 1 is 1.28 bits per heavy atom. The van der Waals surface area contributed by atoms with Gasteiger partial charge in [0.15, 0.2) is 0 Å². The third-order valence-corrected chi connectivity index (χ3v) is 4.01. The molecule has 0 N–H and O–H groups in total. The van der Waals surface area contributed by atoms with Gasteiger partial charge < -0.3 is 0 Å². The Hall–Kier alpha value is -0.900. The van der Waals surface area contributed by atoms with Crippen molar-refractivity contribution in [3.8, 4) is 0 Å². The van der Waals surface area contributed by atoms with Crippen molar-refractivity contribution in [1.82, 2.24) is 4.98 Å². The van der Waals surface area contributed by atoms with E-state index in [1.807, 2.05) is 12.3 Å². The lowest BCUT2D eigenvalue weighted by atomic mass is 10.1. The molecule has 0 amide bonds. The highest BCUT2D eigenvalue weighted by molar-refractivity contribution is 7.09. The molecule has 1 aromatic carbocycles. The summed E-state index contributed by atoms with van der Waals surface area (Å²) in [6, 6.07) is 5.24. The summed E-state index contributed by atoms with van der Waals surface area (Å²) >= 11 is 13.6. The number of hydrogen-bond acceptors (Lipinski definition) is 3. The Kier molecular flexibility index (Phi) is 4.38. The zero-order chi connectivity index (χ0) is 13.1. The first kappa shape index (κ1) is 13.5. The van der Waals surface area contributed by atoms with E-state index in [1.165, 1.54) is 0 Å². The van der Waals surface area contributed by atoms with Crippen molar-refractivity contribution < 1.29 is 4.79 Å². The number of benzene rings is 1. The van der Waals surface area contributed by atoms with E-state index in [2.05, 4.69) is 4.98 Å². The van der Waals surface area contributed by atoms with E-state index in [4.69, 9.17) is 23.2 Å². The molecule has 0 aliphatic rings. The van der Waals surface area contributed by atoms with Crippen LogP contribution < -0.4 is 0 Å². The van der Waals surface area contributed by atoms with Gasteiger partial charge >= 0.3 is 0 Å². The maximum atomic E-state index is 11.9. The second-order valence-corrected chi connectivity index (χ2v) is 5.83. The Morgan fingerprint density at radius 3 is 2.50 bits per heavy atom. The van der Waals surface area contributed by atoms with Gasteiger partial charge in [-0.1, -0.05) is 29.3 Å². The van der Waals surface area contributed by atoms with Gasteiger partial charge in [-0.3, -0.25) is 4.79 Å². The van der Waals surface area contributed by atoms with E-state index >= 15 is 0 Å². The van der Waals surface area contributed by atoms with Gasteiger partial charge in [0, 0.05) is 28.3 Å². The number of carbonyl (C=O) groups is 1. The highest BCUT2D eigenvalue weighted by atomic mass is 35.5. The smallest absolute Gasteiger partial charge is 0.143 e. The van der Waals surface area contributed by atoms with E-state index < -0.39 is 0 Å². The van der Waals surface area contributed by atoms with Gasteiger partial charge in [0.1, 0.15) is 5.78 Å². The van der Waals surface area contributed by atoms with Crippen LogP contribution in [0.3, 0.4) is 0 Å². The number of thiazole rings is 1. The number of nitrogens with zero attached hydrogens (tertiary/aromatic N) is 1. The van der Waals surface area contributed by atoms with Gasteiger partial charge in [-0.2, -0.15) is 0 Å². The Balaban J connectivity index is 2.08. The topological polar surface area (TPSA) is 30.0 Å². The molecule has 0 saturated carbocycles. The van der Waals surface area contributed by atoms with E-state index in [9.17, 15) is 4.79 Å². The number of carbonyl (C=O) groups excluding carboxylic acids is 1. The van der Waals surface area contributed by atoms with Crippen LogP contribution in [-0.4, -0.2) is 10.8 Å². The lowest BCUT2D eigenvalue weighted by Crippen LogP contribution is -2.07. The van der Waals surface area contributed by atoms with Gasteiger partial charge in [-0.15, -0.1) is 11.3 Å². The van der Waals surface area contributed by atoms with Crippen LogP contribution in [0.15, 0.2) is 23.6 Å². The largest absolute Gasteiger partial charge is 0.299 e. The second-order valence-electron chi connectivity index (χ2n) is 3.95. The molecular weight excluding hydrogens is 289 g/mol. The highest BCUT2D eigenvalue weighted by Crippen LogP contribution is 2.25. The fraction of sp³-hybridized carbons (Fsp3) is 0.231. The quantitative estimate of drug-likeness (QED) is 0.850. The van der Waals surface area contributed by atoms with Gasteiger partial charge in [0.05, 0.1) is 10.7 Å². The number of aryl methyl sites for hydroxylation is 1. The SMILES string of the molecule is Cc1nc(CC(=O)Cc2c(Cl)cccc2Cl)cs1. The summed E-state index contributed by atoms with van der Waals surface area (Å²) < 4.78 is 0. The molecule has 2 aromatic rings. The lowest BCUT2D eigenvalue weighted by molar-refractivity contribution is -0.117. The Morgan fingerprint density at radius 2 is 1.94 bits per heavy atom. The molecule has 94 valence electrons. The van der Waals surface area contributed by atoms with Crippen LogP contribution in [0.5, 0.6) is 0 Å². The molecule has 0 fully saturated rings. The summed E-state index contributed by atoms with van der Waals surface area (Å²) in [7, 11) is 0. The van der Waals surface area contributed by atoms with Crippen LogP contribution in [0.25, 0.3) is 0 Å². The minimum Gasteiger partial charge on any atom is -0.299 e. The van der Waals surface area contributed by atoms with Crippen LogP contribution >= 0.6 is 34.5 Å². The van der Waals surface area contributed by atoms with Crippen LogP contribution in [0.1, 0.15) is 16.3 Å². The van der Waals surface area contributed by atoms with Crippen molar-refractivity contribution in [2.24, 2.45) is 0 Å². The number of ketones is 1. The van der Waals surface area contributed by atoms with Crippen molar-refractivity contribution >= 4 is 40.3 Å². The molecular formula is C13H11Cl2NOS. The molecule has 2 nitrogen and oxygen atoms in total. The van der Waals surface area contributed by atoms with Gasteiger partial charge in [-0.25, -0.2) is 4.98 Å². The first-order valence-corrected chi connectivity index (χ1v) is 7.05. The fourth-order valence-electron chi connectivity index (χ4n) is 1.65. The summed E-state index contributed by atoms with van der Waals surface area (Å²) in [5.74, 6) is 0.0651. The van der Waals surface area contributed by atoms with Crippen molar-refractivity contribution in [3.05, 3.63) is 49.9 Å². The molecule has 0 radical (unpaired) electrons. The summed E-state index contributed by atoms with van der Waals surface area (Å²) in [5, 5.41) is 3.94. The highest BCUT2D eigenvalue weighted by Gasteiger charge is 2.12. The number of Topliss-reactive ketones (excluding diaryl/α,β-unsaturated/α-hetero) is 1. The molecule has 0 aliphatic carbocycles. The average molecular weight is 300 g/mol. The second kappa shape index (κ2) is 5.83. The maximum Gasteiger partial charge on any atom is 0.143 e. The van der Waals surface area contributed by atoms with Crippen molar-refractivity contribution in [1.29, 1.82) is 0 Å². The molecule has 2 rings (SSSR count). The Labute approximate surface area is 120 Å². The predicted molar refractivity (Wildman–Crippen MR) is 75.7 cm³/mol. The molecule has 1 heterocycles. The molecule has 1 aromatic heterocycles. The zero-order valence-corrected chi connectivity index (χ0v) is 12.1. The minimum absolute atomic E-state index is 0.0651. The zero-order valence-electron chi connectivity index (χ0n) is 9.74. The minimum atomic E-state index is 0.0651. The van der Waals surface area contributed by atoms with Crippen molar-refractivity contribution in [3.63, 3.8) is 0 Å². The predicted octanol–water partition coefficient (Wildman–Crippen LogP) is 4.11. The average Bonchev–Trinajstić information content (AvgIpc) is 2.69. The molecule has 5 heteroatoms. The number of aromatic nitrogens is 1. The molecule has 0 saturated heterocycles. The van der Waals surface area contributed by atoms with Crippen LogP contribution in [0, 0.1) is 6.92 Å². The third-order valence-electron chi connectivity index (χ3n) is 2.48. The normalized spacial score (nSPS) is 10.6. The summed E-state index contributed by atoms with van der Waals surface area (Å²) in [5.41, 5.74) is 1.50. The monoisotopic (exact) mass is 299 g/mol. The molecule has 0 aliphatic heterocycles. The van der Waals surface area contributed by atoms with Crippen molar-refractivity contribution in [2.45, 2.75) is 19.8 Å². The van der Waals surface area contributed by atoms with Crippen LogP contribution in [-0.2, 0) is 17.6 Å². The maximum absolute atomic E-state index is 11.9. The molecule has 0 spiro atoms. The van der Waals surface area contributed by atoms with Gasteiger partial charge in [0.2, 0.25) is 0 Å². The van der Waals surface area contributed by atoms with E-state index in [1.54, 1.807) is 29.5 Å². The van der Waals surface area contributed by atoms with E-state index in [-0.39, 0.29) is 12.2 Å². The van der Waals surface area contributed by atoms with E-state index in [0.29, 0.717) is 22.0 Å². The molecule has 0 atom stereocenters. The first-order valence-electron chi connectivity index (χ1n) is 5.42. The van der Waals surface area contributed by atoms with E-state index in [0.717, 1.165) is 10.7 Å². The fourth-order valence-corrected chi connectivity index (χ4v) is 2.80. The van der Waals surface area contributed by atoms with Crippen LogP contribution in [0.4, 0.5) is 0 Å².